The molecule has 2 aliphatic rings. The summed E-state index contributed by atoms with van der Waals surface area (Å²) in [6.45, 7) is 4.03. The predicted octanol–water partition coefficient (Wildman–Crippen LogP) is 1.77. The fourth-order valence-electron chi connectivity index (χ4n) is 3.04. The Morgan fingerprint density at radius 2 is 1.87 bits per heavy atom. The van der Waals surface area contributed by atoms with Crippen LogP contribution in [0, 0.1) is 12.8 Å². The van der Waals surface area contributed by atoms with Crippen LogP contribution < -0.4 is 0 Å². The zero-order valence-corrected chi connectivity index (χ0v) is 14.4. The Bertz CT molecular complexity index is 683. The number of sulfonamides is 1. The fraction of sp³-hybridized carbons (Fsp3) is 0.588. The summed E-state index contributed by atoms with van der Waals surface area (Å²) >= 11 is 0. The van der Waals surface area contributed by atoms with E-state index in [1.165, 1.54) is 0 Å². The van der Waals surface area contributed by atoms with Crippen molar-refractivity contribution < 1.29 is 13.2 Å². The second-order valence-electron chi connectivity index (χ2n) is 6.53. The first-order valence-electron chi connectivity index (χ1n) is 8.28. The fourth-order valence-corrected chi connectivity index (χ4v) is 4.71. The van der Waals surface area contributed by atoms with E-state index in [1.54, 1.807) is 4.31 Å². The molecule has 126 valence electrons. The quantitative estimate of drug-likeness (QED) is 0.842. The third-order valence-electron chi connectivity index (χ3n) is 4.69. The molecule has 0 bridgehead atoms. The number of rotatable bonds is 4. The van der Waals surface area contributed by atoms with Crippen molar-refractivity contribution in [1.82, 2.24) is 9.21 Å². The molecule has 1 aromatic rings. The lowest BCUT2D eigenvalue weighted by Gasteiger charge is -2.22. The third-order valence-corrected chi connectivity index (χ3v) is 6.51. The molecule has 0 aromatic heterocycles. The molecule has 1 heterocycles. The van der Waals surface area contributed by atoms with Crippen molar-refractivity contribution in [2.24, 2.45) is 5.92 Å². The molecule has 0 radical (unpaired) electrons. The monoisotopic (exact) mass is 336 g/mol. The standard InChI is InChI=1S/C17H24N2O3S/c1-14-5-2-3-6-16(14)13-23(21,22)19-10-4-9-18(11-12-19)17(20)15-7-8-15/h2-3,5-6,15H,4,7-13H2,1H3. The van der Waals surface area contributed by atoms with Gasteiger partial charge < -0.3 is 4.90 Å². The van der Waals surface area contributed by atoms with Crippen molar-refractivity contribution in [1.29, 1.82) is 0 Å². The van der Waals surface area contributed by atoms with Crippen LogP contribution in [-0.4, -0.2) is 49.7 Å². The van der Waals surface area contributed by atoms with E-state index < -0.39 is 10.0 Å². The number of hydrogen-bond acceptors (Lipinski definition) is 3. The van der Waals surface area contributed by atoms with E-state index >= 15 is 0 Å². The molecule has 2 fully saturated rings. The summed E-state index contributed by atoms with van der Waals surface area (Å²) in [4.78, 5) is 14.0. The maximum atomic E-state index is 12.7. The molecule has 1 aliphatic heterocycles. The molecule has 6 heteroatoms. The minimum atomic E-state index is -3.34. The van der Waals surface area contributed by atoms with Crippen molar-refractivity contribution in [3.8, 4) is 0 Å². The first kappa shape index (κ1) is 16.5. The first-order valence-corrected chi connectivity index (χ1v) is 9.89. The van der Waals surface area contributed by atoms with Gasteiger partial charge in [-0.15, -0.1) is 0 Å². The lowest BCUT2D eigenvalue weighted by Crippen LogP contribution is -2.38. The first-order chi connectivity index (χ1) is 11.0. The van der Waals surface area contributed by atoms with Crippen LogP contribution in [0.5, 0.6) is 0 Å². The van der Waals surface area contributed by atoms with Gasteiger partial charge in [0.25, 0.3) is 0 Å². The van der Waals surface area contributed by atoms with Gasteiger partial charge >= 0.3 is 0 Å². The Hall–Kier alpha value is -1.40. The van der Waals surface area contributed by atoms with Gasteiger partial charge in [0.1, 0.15) is 0 Å². The zero-order chi connectivity index (χ0) is 16.4. The molecule has 0 N–H and O–H groups in total. The number of aryl methyl sites for hydroxylation is 1. The van der Waals surface area contributed by atoms with E-state index in [0.717, 1.165) is 24.0 Å². The Morgan fingerprint density at radius 3 is 2.57 bits per heavy atom. The van der Waals surface area contributed by atoms with Crippen LogP contribution in [-0.2, 0) is 20.6 Å². The average molecular weight is 336 g/mol. The summed E-state index contributed by atoms with van der Waals surface area (Å²) in [6, 6.07) is 7.59. The largest absolute Gasteiger partial charge is 0.341 e. The summed E-state index contributed by atoms with van der Waals surface area (Å²) in [5.41, 5.74) is 1.85. The zero-order valence-electron chi connectivity index (χ0n) is 13.6. The van der Waals surface area contributed by atoms with Gasteiger partial charge in [-0.25, -0.2) is 8.42 Å². The Labute approximate surface area is 138 Å². The second kappa shape index (κ2) is 6.61. The minimum Gasteiger partial charge on any atom is -0.341 e. The van der Waals surface area contributed by atoms with Crippen LogP contribution in [0.25, 0.3) is 0 Å². The van der Waals surface area contributed by atoms with Crippen LogP contribution in [0.1, 0.15) is 30.4 Å². The van der Waals surface area contributed by atoms with E-state index in [2.05, 4.69) is 0 Å². The molecule has 1 amide bonds. The van der Waals surface area contributed by atoms with E-state index in [-0.39, 0.29) is 17.6 Å². The van der Waals surface area contributed by atoms with E-state index in [0.29, 0.717) is 32.6 Å². The molecule has 1 aromatic carbocycles. The van der Waals surface area contributed by atoms with Gasteiger partial charge in [-0.3, -0.25) is 4.79 Å². The molecular formula is C17H24N2O3S. The maximum absolute atomic E-state index is 12.7. The summed E-state index contributed by atoms with van der Waals surface area (Å²) < 4.78 is 27.0. The summed E-state index contributed by atoms with van der Waals surface area (Å²) in [7, 11) is -3.34. The van der Waals surface area contributed by atoms with Crippen LogP contribution in [0.2, 0.25) is 0 Å². The van der Waals surface area contributed by atoms with Crippen molar-refractivity contribution in [3.63, 3.8) is 0 Å². The number of benzene rings is 1. The highest BCUT2D eigenvalue weighted by molar-refractivity contribution is 7.88. The second-order valence-corrected chi connectivity index (χ2v) is 8.50. The van der Waals surface area contributed by atoms with Crippen LogP contribution in [0.3, 0.4) is 0 Å². The summed E-state index contributed by atoms with van der Waals surface area (Å²) in [5.74, 6) is 0.448. The van der Waals surface area contributed by atoms with Gasteiger partial charge in [0.05, 0.1) is 5.75 Å². The normalized spacial score (nSPS) is 20.3. The SMILES string of the molecule is Cc1ccccc1CS(=O)(=O)N1CCCN(C(=O)C2CC2)CC1. The molecule has 0 unspecified atom stereocenters. The molecule has 1 aliphatic carbocycles. The van der Waals surface area contributed by atoms with Crippen molar-refractivity contribution in [2.45, 2.75) is 31.9 Å². The van der Waals surface area contributed by atoms with Gasteiger partial charge in [0, 0.05) is 32.1 Å². The number of carbonyl (C=O) groups excluding carboxylic acids is 1. The molecule has 0 spiro atoms. The van der Waals surface area contributed by atoms with E-state index in [1.807, 2.05) is 36.1 Å². The summed E-state index contributed by atoms with van der Waals surface area (Å²) in [6.07, 6.45) is 2.70. The van der Waals surface area contributed by atoms with Gasteiger partial charge in [0.2, 0.25) is 15.9 Å². The van der Waals surface area contributed by atoms with Crippen LogP contribution in [0.4, 0.5) is 0 Å². The molecule has 5 nitrogen and oxygen atoms in total. The number of amides is 1. The number of carbonyl (C=O) groups is 1. The Balaban J connectivity index is 1.66. The van der Waals surface area contributed by atoms with Crippen molar-refractivity contribution in [2.75, 3.05) is 26.2 Å². The molecule has 23 heavy (non-hydrogen) atoms. The lowest BCUT2D eigenvalue weighted by molar-refractivity contribution is -0.132. The smallest absolute Gasteiger partial charge is 0.225 e. The van der Waals surface area contributed by atoms with Crippen molar-refractivity contribution >= 4 is 15.9 Å². The minimum absolute atomic E-state index is 0.0379. The highest BCUT2D eigenvalue weighted by Crippen LogP contribution is 2.31. The van der Waals surface area contributed by atoms with Gasteiger partial charge in [-0.1, -0.05) is 24.3 Å². The van der Waals surface area contributed by atoms with Crippen molar-refractivity contribution in [3.05, 3.63) is 35.4 Å². The van der Waals surface area contributed by atoms with Gasteiger partial charge in [-0.2, -0.15) is 4.31 Å². The Kier molecular flexibility index (Phi) is 4.73. The van der Waals surface area contributed by atoms with E-state index in [4.69, 9.17) is 0 Å². The van der Waals surface area contributed by atoms with Gasteiger partial charge in [0.15, 0.2) is 0 Å². The average Bonchev–Trinajstić information content (AvgIpc) is 3.35. The van der Waals surface area contributed by atoms with Gasteiger partial charge in [-0.05, 0) is 37.3 Å². The third kappa shape index (κ3) is 3.93. The molecule has 1 saturated carbocycles. The maximum Gasteiger partial charge on any atom is 0.225 e. The van der Waals surface area contributed by atoms with Crippen LogP contribution in [0.15, 0.2) is 24.3 Å². The highest BCUT2D eigenvalue weighted by Gasteiger charge is 2.35. The Morgan fingerprint density at radius 1 is 1.13 bits per heavy atom. The summed E-state index contributed by atoms with van der Waals surface area (Å²) in [5, 5.41) is 0. The lowest BCUT2D eigenvalue weighted by atomic mass is 10.1. The molecule has 1 saturated heterocycles. The highest BCUT2D eigenvalue weighted by atomic mass is 32.2. The molecule has 3 rings (SSSR count). The number of nitrogens with zero attached hydrogens (tertiary/aromatic N) is 2. The molecule has 0 atom stereocenters. The van der Waals surface area contributed by atoms with Crippen LogP contribution >= 0.6 is 0 Å². The topological polar surface area (TPSA) is 57.7 Å². The predicted molar refractivity (Wildman–Crippen MR) is 89.3 cm³/mol. The number of hydrogen-bond donors (Lipinski definition) is 0. The molecular weight excluding hydrogens is 312 g/mol. The van der Waals surface area contributed by atoms with E-state index in [9.17, 15) is 13.2 Å².